The van der Waals surface area contributed by atoms with E-state index in [0.29, 0.717) is 0 Å². The van der Waals surface area contributed by atoms with Gasteiger partial charge in [0.05, 0.1) is 3.57 Å². The highest BCUT2D eigenvalue weighted by atomic mass is 127. The molecule has 0 aliphatic rings. The normalized spacial score (nSPS) is 11.5. The zero-order chi connectivity index (χ0) is 10.8. The first-order chi connectivity index (χ1) is 6.38. The van der Waals surface area contributed by atoms with E-state index in [0.717, 1.165) is 0 Å². The van der Waals surface area contributed by atoms with Gasteiger partial charge in [-0.3, -0.25) is 0 Å². The first-order valence-corrected chi connectivity index (χ1v) is 4.48. The molecule has 14 heavy (non-hydrogen) atoms. The average Bonchev–Trinajstić information content (AvgIpc) is 2.06. The predicted molar refractivity (Wildman–Crippen MR) is 48.5 cm³/mol. The summed E-state index contributed by atoms with van der Waals surface area (Å²) >= 11 is 1.67. The SMILES string of the molecule is Fc1nc(OCC(F)(F)F)ccc1I. The van der Waals surface area contributed by atoms with E-state index in [1.807, 2.05) is 0 Å². The van der Waals surface area contributed by atoms with Gasteiger partial charge in [-0.15, -0.1) is 0 Å². The lowest BCUT2D eigenvalue weighted by molar-refractivity contribution is -0.154. The molecule has 78 valence electrons. The minimum absolute atomic E-state index is 0.224. The molecule has 0 aliphatic heterocycles. The zero-order valence-corrected chi connectivity index (χ0v) is 8.76. The molecule has 0 saturated carbocycles. The number of pyridine rings is 1. The van der Waals surface area contributed by atoms with Crippen LogP contribution in [-0.4, -0.2) is 17.8 Å². The van der Waals surface area contributed by atoms with E-state index < -0.39 is 18.7 Å². The van der Waals surface area contributed by atoms with Crippen LogP contribution in [0.5, 0.6) is 5.88 Å². The summed E-state index contributed by atoms with van der Waals surface area (Å²) in [7, 11) is 0. The number of nitrogens with zero attached hydrogens (tertiary/aromatic N) is 1. The summed E-state index contributed by atoms with van der Waals surface area (Å²) in [5, 5.41) is 0. The highest BCUT2D eigenvalue weighted by Crippen LogP contribution is 2.18. The first-order valence-electron chi connectivity index (χ1n) is 3.40. The van der Waals surface area contributed by atoms with Crippen LogP contribution in [0.4, 0.5) is 17.6 Å². The van der Waals surface area contributed by atoms with E-state index in [9.17, 15) is 17.6 Å². The largest absolute Gasteiger partial charge is 0.468 e. The van der Waals surface area contributed by atoms with Gasteiger partial charge in [0.2, 0.25) is 11.8 Å². The molecule has 0 atom stereocenters. The molecule has 0 fully saturated rings. The second-order valence-electron chi connectivity index (χ2n) is 2.33. The lowest BCUT2D eigenvalue weighted by atomic mass is 10.5. The molecular weight excluding hydrogens is 317 g/mol. The number of ether oxygens (including phenoxy) is 1. The third-order valence-corrected chi connectivity index (χ3v) is 1.97. The Morgan fingerprint density at radius 2 is 2.00 bits per heavy atom. The molecule has 7 heteroatoms. The molecule has 0 bridgehead atoms. The number of halogens is 5. The highest BCUT2D eigenvalue weighted by Gasteiger charge is 2.28. The minimum atomic E-state index is -4.44. The molecule has 1 heterocycles. The fourth-order valence-electron chi connectivity index (χ4n) is 0.637. The molecule has 1 aromatic rings. The molecule has 0 unspecified atom stereocenters. The Balaban J connectivity index is 2.65. The molecule has 0 aromatic carbocycles. The van der Waals surface area contributed by atoms with Crippen molar-refractivity contribution in [3.8, 4) is 5.88 Å². The Hall–Kier alpha value is -0.600. The van der Waals surface area contributed by atoms with E-state index in [2.05, 4.69) is 9.72 Å². The second-order valence-corrected chi connectivity index (χ2v) is 3.49. The van der Waals surface area contributed by atoms with Gasteiger partial charge in [-0.2, -0.15) is 22.5 Å². The first kappa shape index (κ1) is 11.5. The molecule has 0 amide bonds. The minimum Gasteiger partial charge on any atom is -0.468 e. The van der Waals surface area contributed by atoms with Gasteiger partial charge in [-0.25, -0.2) is 0 Å². The van der Waals surface area contributed by atoms with Crippen LogP contribution in [0.25, 0.3) is 0 Å². The standard InChI is InChI=1S/C7H4F4INO/c8-6-4(12)1-2-5(13-6)14-3-7(9,10)11/h1-2H,3H2. The van der Waals surface area contributed by atoms with Crippen molar-refractivity contribution in [3.63, 3.8) is 0 Å². The van der Waals surface area contributed by atoms with Gasteiger partial charge < -0.3 is 4.74 Å². The highest BCUT2D eigenvalue weighted by molar-refractivity contribution is 14.1. The Bertz CT molecular complexity index is 328. The Morgan fingerprint density at radius 1 is 1.36 bits per heavy atom. The number of hydrogen-bond acceptors (Lipinski definition) is 2. The number of alkyl halides is 3. The summed E-state index contributed by atoms with van der Waals surface area (Å²) < 4.78 is 52.2. The third kappa shape index (κ3) is 3.64. The van der Waals surface area contributed by atoms with Crippen LogP contribution in [0.3, 0.4) is 0 Å². The van der Waals surface area contributed by atoms with Gasteiger partial charge in [0.25, 0.3) is 0 Å². The van der Waals surface area contributed by atoms with Crippen molar-refractivity contribution in [2.45, 2.75) is 6.18 Å². The summed E-state index contributed by atoms with van der Waals surface area (Å²) in [6.07, 6.45) is -4.44. The molecule has 0 saturated heterocycles. The van der Waals surface area contributed by atoms with Crippen LogP contribution in [0.2, 0.25) is 0 Å². The van der Waals surface area contributed by atoms with Gasteiger partial charge in [-0.1, -0.05) is 0 Å². The van der Waals surface area contributed by atoms with Crippen molar-refractivity contribution in [1.82, 2.24) is 4.98 Å². The van der Waals surface area contributed by atoms with Gasteiger partial charge >= 0.3 is 6.18 Å². The molecule has 1 rings (SSSR count). The second kappa shape index (κ2) is 4.28. The van der Waals surface area contributed by atoms with Crippen LogP contribution in [0.1, 0.15) is 0 Å². The molecule has 2 nitrogen and oxygen atoms in total. The molecule has 0 aliphatic carbocycles. The maximum Gasteiger partial charge on any atom is 0.422 e. The summed E-state index contributed by atoms with van der Waals surface area (Å²) in [6, 6.07) is 2.46. The lowest BCUT2D eigenvalue weighted by Crippen LogP contribution is -2.19. The van der Waals surface area contributed by atoms with Crippen LogP contribution in [0.15, 0.2) is 12.1 Å². The van der Waals surface area contributed by atoms with Gasteiger partial charge in [0.15, 0.2) is 6.61 Å². The van der Waals surface area contributed by atoms with Crippen LogP contribution < -0.4 is 4.74 Å². The van der Waals surface area contributed by atoms with E-state index in [1.54, 1.807) is 22.6 Å². The molecule has 1 aromatic heterocycles. The van der Waals surface area contributed by atoms with E-state index in [4.69, 9.17) is 0 Å². The Labute approximate surface area is 90.4 Å². The summed E-state index contributed by atoms with van der Waals surface area (Å²) in [6.45, 7) is -1.47. The maximum atomic E-state index is 12.7. The molecule has 0 radical (unpaired) electrons. The zero-order valence-electron chi connectivity index (χ0n) is 6.61. The van der Waals surface area contributed by atoms with Crippen LogP contribution >= 0.6 is 22.6 Å². The van der Waals surface area contributed by atoms with Crippen molar-refractivity contribution in [2.75, 3.05) is 6.61 Å². The van der Waals surface area contributed by atoms with Crippen molar-refractivity contribution in [2.24, 2.45) is 0 Å². The molecular formula is C7H4F4INO. The van der Waals surface area contributed by atoms with Crippen molar-refractivity contribution < 1.29 is 22.3 Å². The fourth-order valence-corrected chi connectivity index (χ4v) is 0.937. The Kier molecular flexibility index (Phi) is 3.51. The van der Waals surface area contributed by atoms with E-state index in [-0.39, 0.29) is 9.45 Å². The van der Waals surface area contributed by atoms with Gasteiger partial charge in [0.1, 0.15) is 0 Å². The lowest BCUT2D eigenvalue weighted by Gasteiger charge is -2.07. The number of aromatic nitrogens is 1. The predicted octanol–water partition coefficient (Wildman–Crippen LogP) is 2.77. The quantitative estimate of drug-likeness (QED) is 0.475. The summed E-state index contributed by atoms with van der Waals surface area (Å²) in [5.41, 5.74) is 0. The van der Waals surface area contributed by atoms with Gasteiger partial charge in [0, 0.05) is 6.07 Å². The number of rotatable bonds is 2. The van der Waals surface area contributed by atoms with E-state index in [1.165, 1.54) is 12.1 Å². The summed E-state index contributed by atoms with van der Waals surface area (Å²) in [4.78, 5) is 3.18. The third-order valence-electron chi connectivity index (χ3n) is 1.16. The maximum absolute atomic E-state index is 12.7. The fraction of sp³-hybridized carbons (Fsp3) is 0.286. The molecule has 0 spiro atoms. The Morgan fingerprint density at radius 3 is 2.50 bits per heavy atom. The number of hydrogen-bond donors (Lipinski definition) is 0. The van der Waals surface area contributed by atoms with Crippen LogP contribution in [0, 0.1) is 9.52 Å². The monoisotopic (exact) mass is 321 g/mol. The summed E-state index contributed by atoms with van der Waals surface area (Å²) in [5.74, 6) is -1.22. The van der Waals surface area contributed by atoms with Gasteiger partial charge in [-0.05, 0) is 28.7 Å². The molecule has 0 N–H and O–H groups in total. The topological polar surface area (TPSA) is 22.1 Å². The smallest absolute Gasteiger partial charge is 0.422 e. The van der Waals surface area contributed by atoms with Crippen molar-refractivity contribution in [1.29, 1.82) is 0 Å². The van der Waals surface area contributed by atoms with Crippen molar-refractivity contribution in [3.05, 3.63) is 21.7 Å². The van der Waals surface area contributed by atoms with Crippen molar-refractivity contribution >= 4 is 22.6 Å². The van der Waals surface area contributed by atoms with Crippen LogP contribution in [-0.2, 0) is 0 Å². The van der Waals surface area contributed by atoms with E-state index >= 15 is 0 Å². The average molecular weight is 321 g/mol.